The Bertz CT molecular complexity index is 1340. The van der Waals surface area contributed by atoms with Crippen molar-refractivity contribution in [2.45, 2.75) is 82.1 Å². The van der Waals surface area contributed by atoms with E-state index in [4.69, 9.17) is 9.72 Å². The fourth-order valence-electron chi connectivity index (χ4n) is 6.78. The van der Waals surface area contributed by atoms with Crippen molar-refractivity contribution in [3.8, 4) is 0 Å². The van der Waals surface area contributed by atoms with Gasteiger partial charge >= 0.3 is 5.97 Å². The number of pyridine rings is 1. The lowest BCUT2D eigenvalue weighted by molar-refractivity contribution is -0.143. The van der Waals surface area contributed by atoms with Crippen LogP contribution in [0.5, 0.6) is 0 Å². The maximum atomic E-state index is 15.4. The summed E-state index contributed by atoms with van der Waals surface area (Å²) in [4.78, 5) is 19.3. The minimum absolute atomic E-state index is 0.147. The molecule has 8 nitrogen and oxygen atoms in total. The van der Waals surface area contributed by atoms with Crippen molar-refractivity contribution in [2.75, 3.05) is 32.1 Å². The number of carbonyl (C=O) groups is 1. The van der Waals surface area contributed by atoms with Gasteiger partial charge in [-0.2, -0.15) is 5.10 Å². The van der Waals surface area contributed by atoms with Crippen LogP contribution < -0.4 is 5.32 Å². The summed E-state index contributed by atoms with van der Waals surface area (Å²) in [6, 6.07) is 9.43. The lowest BCUT2D eigenvalue weighted by atomic mass is 9.89. The number of ether oxygens (including phenoxy) is 1. The van der Waals surface area contributed by atoms with Gasteiger partial charge < -0.3 is 15.2 Å². The number of carboxylic acid groups (broad SMARTS) is 1. The van der Waals surface area contributed by atoms with Gasteiger partial charge in [-0.15, -0.1) is 0 Å². The number of carboxylic acids is 1. The summed E-state index contributed by atoms with van der Waals surface area (Å²) < 4.78 is 22.8. The largest absolute Gasteiger partial charge is 0.480 e. The van der Waals surface area contributed by atoms with Crippen molar-refractivity contribution < 1.29 is 19.0 Å². The first-order valence-corrected chi connectivity index (χ1v) is 14.8. The normalized spacial score (nSPS) is 24.3. The fourth-order valence-corrected chi connectivity index (χ4v) is 6.78. The molecule has 2 N–H and O–H groups in total. The molecule has 1 saturated carbocycles. The molecule has 2 aromatic heterocycles. The molecule has 1 aliphatic carbocycles. The van der Waals surface area contributed by atoms with Crippen molar-refractivity contribution >= 4 is 22.7 Å². The summed E-state index contributed by atoms with van der Waals surface area (Å²) in [5.74, 6) is -0.0328. The zero-order chi connectivity index (χ0) is 27.6. The summed E-state index contributed by atoms with van der Waals surface area (Å²) in [5.41, 5.74) is 3.97. The number of halogens is 1. The van der Waals surface area contributed by atoms with Crippen molar-refractivity contribution in [1.82, 2.24) is 19.7 Å². The Hall–Kier alpha value is -3.04. The summed E-state index contributed by atoms with van der Waals surface area (Å²) in [6.07, 6.45) is 8.80. The van der Waals surface area contributed by atoms with Crippen LogP contribution >= 0.6 is 0 Å². The average molecular weight is 550 g/mol. The molecule has 40 heavy (non-hydrogen) atoms. The van der Waals surface area contributed by atoms with Crippen LogP contribution in [-0.4, -0.2) is 69.8 Å². The molecule has 2 aliphatic heterocycles. The van der Waals surface area contributed by atoms with Gasteiger partial charge in [-0.1, -0.05) is 30.7 Å². The van der Waals surface area contributed by atoms with Crippen LogP contribution in [0.1, 0.15) is 73.9 Å². The summed E-state index contributed by atoms with van der Waals surface area (Å²) in [6.45, 7) is 2.01. The van der Waals surface area contributed by atoms with E-state index in [0.717, 1.165) is 79.5 Å². The number of likely N-dealkylation sites (tertiary alicyclic amines) is 1. The summed E-state index contributed by atoms with van der Waals surface area (Å²) in [5, 5.41) is 19.3. The first-order valence-electron chi connectivity index (χ1n) is 14.8. The summed E-state index contributed by atoms with van der Waals surface area (Å²) >= 11 is 0. The van der Waals surface area contributed by atoms with Crippen LogP contribution in [0.25, 0.3) is 10.9 Å². The number of aromatic nitrogens is 3. The highest BCUT2D eigenvalue weighted by atomic mass is 19.1. The number of unbranched alkanes of at least 4 members (excludes halogenated alkanes) is 1. The smallest absolute Gasteiger partial charge is 0.325 e. The molecule has 1 aromatic carbocycles. The van der Waals surface area contributed by atoms with E-state index in [1.54, 1.807) is 7.11 Å². The highest BCUT2D eigenvalue weighted by molar-refractivity contribution is 5.88. The Labute approximate surface area is 234 Å². The van der Waals surface area contributed by atoms with E-state index in [9.17, 15) is 9.90 Å². The Morgan fingerprint density at radius 1 is 1.25 bits per heavy atom. The average Bonchev–Trinajstić information content (AvgIpc) is 3.59. The number of nitrogens with zero attached hydrogens (tertiary/aromatic N) is 4. The molecule has 0 amide bonds. The van der Waals surface area contributed by atoms with Crippen LogP contribution in [-0.2, 0) is 22.4 Å². The zero-order valence-corrected chi connectivity index (χ0v) is 23.3. The van der Waals surface area contributed by atoms with Gasteiger partial charge in [0.25, 0.3) is 0 Å². The zero-order valence-electron chi connectivity index (χ0n) is 23.3. The SMILES string of the molecule is CO[C@H]1C[C@H](n2ncc3cccc(C(C(=O)O)N4CC[C@@H]([C@@H](F)CCCCc5ccc6c(n5)NCCC6)C4)c32)C1. The van der Waals surface area contributed by atoms with Crippen molar-refractivity contribution in [3.63, 3.8) is 0 Å². The molecule has 214 valence electrons. The van der Waals surface area contributed by atoms with Gasteiger partial charge in [-0.25, -0.2) is 9.37 Å². The number of rotatable bonds is 11. The molecule has 0 bridgehead atoms. The van der Waals surface area contributed by atoms with Gasteiger partial charge in [0.05, 0.1) is 23.9 Å². The van der Waals surface area contributed by atoms with Crippen LogP contribution in [0.3, 0.4) is 0 Å². The second-order valence-corrected chi connectivity index (χ2v) is 11.7. The molecule has 1 unspecified atom stereocenters. The minimum atomic E-state index is -0.931. The topological polar surface area (TPSA) is 92.5 Å². The molecule has 2 fully saturated rings. The Morgan fingerprint density at radius 3 is 2.95 bits per heavy atom. The molecule has 4 heterocycles. The van der Waals surface area contributed by atoms with Crippen LogP contribution in [0.4, 0.5) is 10.2 Å². The third-order valence-electron chi connectivity index (χ3n) is 9.17. The fraction of sp³-hybridized carbons (Fsp3) is 0.581. The number of hydrogen-bond acceptors (Lipinski definition) is 6. The first kappa shape index (κ1) is 27.1. The lowest BCUT2D eigenvalue weighted by Crippen LogP contribution is -2.35. The van der Waals surface area contributed by atoms with Crippen LogP contribution in [0.15, 0.2) is 36.5 Å². The molecule has 6 rings (SSSR count). The standard InChI is InChI=1S/C31H40FN5O3/c1-40-25-16-24(17-25)37-28-21(18-34-37)6-4-9-26(28)29(31(38)39)36-15-13-22(19-36)27(32)10-3-2-8-23-12-11-20-7-5-14-33-30(20)35-23/h4,6,9,11-12,18,22,24-25,27,29H,2-3,5,7-8,10,13-17,19H2,1H3,(H,33,35)(H,38,39)/t22-,24-,25-,27+,29?/m1/s1. The number of hydrogen-bond donors (Lipinski definition) is 2. The monoisotopic (exact) mass is 549 g/mol. The number of methoxy groups -OCH3 is 1. The first-order chi connectivity index (χ1) is 19.5. The number of para-hydroxylation sites is 1. The van der Waals surface area contributed by atoms with E-state index in [-0.39, 0.29) is 18.1 Å². The number of alkyl halides is 1. The second kappa shape index (κ2) is 11.8. The molecular weight excluding hydrogens is 509 g/mol. The number of fused-ring (bicyclic) bond motifs is 2. The molecule has 0 spiro atoms. The highest BCUT2D eigenvalue weighted by Gasteiger charge is 2.39. The maximum absolute atomic E-state index is 15.4. The lowest BCUT2D eigenvalue weighted by Gasteiger charge is -2.35. The predicted octanol–water partition coefficient (Wildman–Crippen LogP) is 5.34. The van der Waals surface area contributed by atoms with E-state index in [2.05, 4.69) is 22.5 Å². The number of anilines is 1. The number of aryl methyl sites for hydroxylation is 2. The van der Waals surface area contributed by atoms with E-state index < -0.39 is 18.2 Å². The van der Waals surface area contributed by atoms with Crippen molar-refractivity contribution in [1.29, 1.82) is 0 Å². The third-order valence-corrected chi connectivity index (χ3v) is 9.17. The molecule has 1 saturated heterocycles. The van der Waals surface area contributed by atoms with E-state index in [0.29, 0.717) is 25.9 Å². The molecule has 3 aliphatic rings. The van der Waals surface area contributed by atoms with E-state index in [1.165, 1.54) is 5.56 Å². The summed E-state index contributed by atoms with van der Waals surface area (Å²) in [7, 11) is 1.72. The number of nitrogens with one attached hydrogen (secondary N) is 1. The Morgan fingerprint density at radius 2 is 2.12 bits per heavy atom. The number of aliphatic carboxylic acids is 1. The van der Waals surface area contributed by atoms with Gasteiger partial charge in [-0.05, 0) is 69.5 Å². The molecule has 3 atom stereocenters. The van der Waals surface area contributed by atoms with Gasteiger partial charge in [0.1, 0.15) is 18.0 Å². The minimum Gasteiger partial charge on any atom is -0.480 e. The van der Waals surface area contributed by atoms with Gasteiger partial charge in [-0.3, -0.25) is 14.4 Å². The quantitative estimate of drug-likeness (QED) is 0.312. The van der Waals surface area contributed by atoms with Crippen LogP contribution in [0, 0.1) is 5.92 Å². The molecule has 0 radical (unpaired) electrons. The Balaban J connectivity index is 1.07. The van der Waals surface area contributed by atoms with Gasteiger partial charge in [0, 0.05) is 42.8 Å². The Kier molecular flexibility index (Phi) is 8.03. The number of benzene rings is 1. The van der Waals surface area contributed by atoms with Crippen molar-refractivity contribution in [3.05, 3.63) is 53.3 Å². The van der Waals surface area contributed by atoms with Crippen LogP contribution in [0.2, 0.25) is 0 Å². The van der Waals surface area contributed by atoms with E-state index >= 15 is 4.39 Å². The van der Waals surface area contributed by atoms with Gasteiger partial charge in [0.2, 0.25) is 0 Å². The highest BCUT2D eigenvalue weighted by Crippen LogP contribution is 2.39. The second-order valence-electron chi connectivity index (χ2n) is 11.7. The third kappa shape index (κ3) is 5.46. The van der Waals surface area contributed by atoms with Crippen molar-refractivity contribution in [2.24, 2.45) is 5.92 Å². The molecule has 9 heteroatoms. The van der Waals surface area contributed by atoms with E-state index in [1.807, 2.05) is 34.0 Å². The van der Waals surface area contributed by atoms with Gasteiger partial charge in [0.15, 0.2) is 0 Å². The maximum Gasteiger partial charge on any atom is 0.325 e. The molecule has 3 aromatic rings. The predicted molar refractivity (Wildman–Crippen MR) is 152 cm³/mol. The molecular formula is C31H40FN5O3.